The van der Waals surface area contributed by atoms with Crippen LogP contribution in [0.2, 0.25) is 0 Å². The number of nitrogens with zero attached hydrogens (tertiary/aromatic N) is 3. The van der Waals surface area contributed by atoms with Crippen molar-refractivity contribution in [2.24, 2.45) is 5.10 Å². The Balaban J connectivity index is 1.88. The molecule has 1 heterocycles. The average Bonchev–Trinajstić information content (AvgIpc) is 2.96. The molecular formula is C17H22N4OS. The van der Waals surface area contributed by atoms with Gasteiger partial charge in [0.15, 0.2) is 5.82 Å². The van der Waals surface area contributed by atoms with Gasteiger partial charge in [0.2, 0.25) is 4.77 Å². The van der Waals surface area contributed by atoms with E-state index in [0.29, 0.717) is 17.3 Å². The number of hydrogen-bond donors (Lipinski definition) is 1. The zero-order valence-electron chi connectivity index (χ0n) is 13.4. The highest BCUT2D eigenvalue weighted by atomic mass is 32.1. The van der Waals surface area contributed by atoms with E-state index in [1.807, 2.05) is 31.2 Å². The van der Waals surface area contributed by atoms with Crippen molar-refractivity contribution in [3.8, 4) is 5.75 Å². The minimum Gasteiger partial charge on any atom is -0.493 e. The fraction of sp³-hybridized carbons (Fsp3) is 0.471. The van der Waals surface area contributed by atoms with Crippen molar-refractivity contribution in [1.29, 1.82) is 0 Å². The minimum absolute atomic E-state index is 0.441. The predicted octanol–water partition coefficient (Wildman–Crippen LogP) is 4.27. The zero-order valence-corrected chi connectivity index (χ0v) is 14.2. The van der Waals surface area contributed by atoms with Crippen LogP contribution in [-0.2, 0) is 0 Å². The summed E-state index contributed by atoms with van der Waals surface area (Å²) in [5.74, 6) is 2.21. The Hall–Kier alpha value is -1.95. The summed E-state index contributed by atoms with van der Waals surface area (Å²) in [6.07, 6.45) is 7.92. The standard InChI is InChI=1S/C17H22N4OS/c1-2-22-15-11-7-6-10-14(15)12-18-21-16(19-20-17(21)23)13-8-4-3-5-9-13/h6-7,10-13H,2-5,8-9H2,1H3,(H,20,23). The van der Waals surface area contributed by atoms with Crippen molar-refractivity contribution in [3.05, 3.63) is 40.4 Å². The lowest BCUT2D eigenvalue weighted by Gasteiger charge is -2.19. The van der Waals surface area contributed by atoms with Gasteiger partial charge in [-0.15, -0.1) is 0 Å². The fourth-order valence-electron chi connectivity index (χ4n) is 3.03. The number of hydrogen-bond acceptors (Lipinski definition) is 4. The van der Waals surface area contributed by atoms with Crippen molar-refractivity contribution in [2.75, 3.05) is 6.61 Å². The third-order valence-electron chi connectivity index (χ3n) is 4.18. The molecule has 6 heteroatoms. The van der Waals surface area contributed by atoms with Crippen LogP contribution in [0.5, 0.6) is 5.75 Å². The third-order valence-corrected chi connectivity index (χ3v) is 4.44. The summed E-state index contributed by atoms with van der Waals surface area (Å²) in [5.41, 5.74) is 0.937. The Morgan fingerprint density at radius 1 is 1.35 bits per heavy atom. The van der Waals surface area contributed by atoms with Gasteiger partial charge in [0.05, 0.1) is 12.8 Å². The van der Waals surface area contributed by atoms with Gasteiger partial charge in [-0.1, -0.05) is 31.4 Å². The Kier molecular flexibility index (Phi) is 5.23. The van der Waals surface area contributed by atoms with Gasteiger partial charge in [0.1, 0.15) is 5.75 Å². The molecule has 0 bridgehead atoms. The highest BCUT2D eigenvalue weighted by Crippen LogP contribution is 2.31. The lowest BCUT2D eigenvalue weighted by molar-refractivity contribution is 0.340. The SMILES string of the molecule is CCOc1ccccc1C=Nn1c(C2CCCCC2)n[nH]c1=S. The molecule has 1 aliphatic carbocycles. The van der Waals surface area contributed by atoms with Crippen LogP contribution in [0, 0.1) is 4.77 Å². The van der Waals surface area contributed by atoms with E-state index in [1.54, 1.807) is 10.9 Å². The number of H-pyrrole nitrogens is 1. The van der Waals surface area contributed by atoms with Crippen LogP contribution >= 0.6 is 12.2 Å². The Morgan fingerprint density at radius 3 is 2.91 bits per heavy atom. The van der Waals surface area contributed by atoms with Gasteiger partial charge in [-0.3, -0.25) is 5.10 Å². The van der Waals surface area contributed by atoms with E-state index in [2.05, 4.69) is 15.3 Å². The van der Waals surface area contributed by atoms with E-state index in [9.17, 15) is 0 Å². The van der Waals surface area contributed by atoms with E-state index in [0.717, 1.165) is 30.0 Å². The van der Waals surface area contributed by atoms with Gasteiger partial charge in [0.25, 0.3) is 0 Å². The molecule has 1 aromatic carbocycles. The van der Waals surface area contributed by atoms with Gasteiger partial charge >= 0.3 is 0 Å². The predicted molar refractivity (Wildman–Crippen MR) is 93.8 cm³/mol. The number of benzene rings is 1. The zero-order chi connectivity index (χ0) is 16.1. The van der Waals surface area contributed by atoms with Crippen molar-refractivity contribution in [1.82, 2.24) is 14.9 Å². The molecule has 5 nitrogen and oxygen atoms in total. The van der Waals surface area contributed by atoms with E-state index < -0.39 is 0 Å². The average molecular weight is 330 g/mol. The molecule has 0 unspecified atom stereocenters. The maximum Gasteiger partial charge on any atom is 0.216 e. The maximum atomic E-state index is 5.63. The number of para-hydroxylation sites is 1. The second kappa shape index (κ2) is 7.55. The van der Waals surface area contributed by atoms with Crippen molar-refractivity contribution in [3.63, 3.8) is 0 Å². The molecule has 0 saturated heterocycles. The summed E-state index contributed by atoms with van der Waals surface area (Å²) in [6, 6.07) is 7.86. The highest BCUT2D eigenvalue weighted by Gasteiger charge is 2.21. The molecule has 2 aromatic rings. The molecule has 122 valence electrons. The lowest BCUT2D eigenvalue weighted by atomic mass is 9.89. The summed E-state index contributed by atoms with van der Waals surface area (Å²) in [7, 11) is 0. The van der Waals surface area contributed by atoms with E-state index >= 15 is 0 Å². The van der Waals surface area contributed by atoms with Crippen molar-refractivity contribution >= 4 is 18.4 Å². The van der Waals surface area contributed by atoms with Gasteiger partial charge in [-0.25, -0.2) is 0 Å². The molecular weight excluding hydrogens is 308 g/mol. The Labute approximate surface area is 141 Å². The molecule has 3 rings (SSSR count). The van der Waals surface area contributed by atoms with E-state index in [-0.39, 0.29) is 0 Å². The van der Waals surface area contributed by atoms with Crippen LogP contribution < -0.4 is 4.74 Å². The van der Waals surface area contributed by atoms with Crippen LogP contribution in [-0.4, -0.2) is 27.7 Å². The molecule has 0 aliphatic heterocycles. The van der Waals surface area contributed by atoms with Crippen LogP contribution in [0.3, 0.4) is 0 Å². The number of aromatic nitrogens is 3. The monoisotopic (exact) mass is 330 g/mol. The first kappa shape index (κ1) is 15.9. The molecule has 0 radical (unpaired) electrons. The topological polar surface area (TPSA) is 55.2 Å². The first-order valence-corrected chi connectivity index (χ1v) is 8.64. The number of nitrogens with one attached hydrogen (secondary N) is 1. The summed E-state index contributed by atoms with van der Waals surface area (Å²) in [4.78, 5) is 0. The third kappa shape index (κ3) is 3.69. The summed E-state index contributed by atoms with van der Waals surface area (Å²) >= 11 is 5.34. The van der Waals surface area contributed by atoms with E-state index in [1.165, 1.54) is 19.3 Å². The first-order chi connectivity index (χ1) is 11.3. The number of rotatable bonds is 5. The Bertz CT molecular complexity index is 728. The molecule has 1 saturated carbocycles. The highest BCUT2D eigenvalue weighted by molar-refractivity contribution is 7.71. The minimum atomic E-state index is 0.441. The van der Waals surface area contributed by atoms with E-state index in [4.69, 9.17) is 17.0 Å². The summed E-state index contributed by atoms with van der Waals surface area (Å²) in [5, 5.41) is 11.9. The molecule has 23 heavy (non-hydrogen) atoms. The van der Waals surface area contributed by atoms with Crippen molar-refractivity contribution in [2.45, 2.75) is 44.9 Å². The van der Waals surface area contributed by atoms with Crippen LogP contribution in [0.15, 0.2) is 29.4 Å². The maximum absolute atomic E-state index is 5.63. The molecule has 1 aliphatic rings. The second-order valence-electron chi connectivity index (χ2n) is 5.75. The molecule has 1 fully saturated rings. The smallest absolute Gasteiger partial charge is 0.216 e. The van der Waals surface area contributed by atoms with Crippen LogP contribution in [0.25, 0.3) is 0 Å². The normalized spacial score (nSPS) is 16.0. The van der Waals surface area contributed by atoms with Crippen molar-refractivity contribution < 1.29 is 4.74 Å². The van der Waals surface area contributed by atoms with Crippen LogP contribution in [0.1, 0.15) is 56.3 Å². The van der Waals surface area contributed by atoms with Crippen LogP contribution in [0.4, 0.5) is 0 Å². The fourth-order valence-corrected chi connectivity index (χ4v) is 3.22. The molecule has 1 N–H and O–H groups in total. The van der Waals surface area contributed by atoms with Gasteiger partial charge in [-0.2, -0.15) is 14.9 Å². The number of ether oxygens (including phenoxy) is 1. The largest absolute Gasteiger partial charge is 0.493 e. The lowest BCUT2D eigenvalue weighted by Crippen LogP contribution is -2.10. The van der Waals surface area contributed by atoms with Gasteiger partial charge in [0, 0.05) is 11.5 Å². The van der Waals surface area contributed by atoms with Gasteiger partial charge < -0.3 is 4.74 Å². The molecule has 0 amide bonds. The molecule has 1 aromatic heterocycles. The number of aromatic amines is 1. The molecule has 0 spiro atoms. The molecule has 0 atom stereocenters. The summed E-state index contributed by atoms with van der Waals surface area (Å²) < 4.78 is 7.93. The quantitative estimate of drug-likeness (QED) is 0.658. The second-order valence-corrected chi connectivity index (χ2v) is 6.14. The first-order valence-electron chi connectivity index (χ1n) is 8.23. The Morgan fingerprint density at radius 2 is 2.13 bits per heavy atom. The summed E-state index contributed by atoms with van der Waals surface area (Å²) in [6.45, 7) is 2.60. The van der Waals surface area contributed by atoms with Gasteiger partial charge in [-0.05, 0) is 44.1 Å².